The number of carbonyl (C=O) groups is 1. The molecule has 4 nitrogen and oxygen atoms in total. The second-order valence-electron chi connectivity index (χ2n) is 7.44. The number of para-hydroxylation sites is 1. The summed E-state index contributed by atoms with van der Waals surface area (Å²) >= 11 is 3.56. The van der Waals surface area contributed by atoms with Gasteiger partial charge in [0.2, 0.25) is 5.91 Å². The summed E-state index contributed by atoms with van der Waals surface area (Å²) in [6.45, 7) is 1.51. The van der Waals surface area contributed by atoms with Crippen LogP contribution in [0.1, 0.15) is 35.8 Å². The summed E-state index contributed by atoms with van der Waals surface area (Å²) in [4.78, 5) is 22.5. The number of thiophene rings is 1. The number of hydrogen-bond donors (Lipinski definition) is 1. The van der Waals surface area contributed by atoms with E-state index in [1.807, 2.05) is 47.9 Å². The van der Waals surface area contributed by atoms with E-state index in [9.17, 15) is 4.79 Å². The van der Waals surface area contributed by atoms with Gasteiger partial charge in [-0.2, -0.15) is 0 Å². The van der Waals surface area contributed by atoms with Gasteiger partial charge < -0.3 is 5.32 Å². The van der Waals surface area contributed by atoms with Gasteiger partial charge in [0.15, 0.2) is 0 Å². The Kier molecular flexibility index (Phi) is 5.19. The van der Waals surface area contributed by atoms with E-state index in [2.05, 4.69) is 23.5 Å². The van der Waals surface area contributed by atoms with Crippen molar-refractivity contribution in [3.63, 3.8) is 0 Å². The second kappa shape index (κ2) is 8.13. The Morgan fingerprint density at radius 1 is 1.07 bits per heavy atom. The SMILES string of the molecule is CC(=O)Nc1ccc(C=Nc2sc3c(c2-c2nc4ccccc4s2)CCCC3)cc1. The molecule has 150 valence electrons. The molecule has 0 bridgehead atoms. The number of hydrogen-bond acceptors (Lipinski definition) is 5. The van der Waals surface area contributed by atoms with E-state index < -0.39 is 0 Å². The van der Waals surface area contributed by atoms with E-state index in [0.29, 0.717) is 0 Å². The Bertz CT molecular complexity index is 1220. The predicted octanol–water partition coefficient (Wildman–Crippen LogP) is 6.61. The highest BCUT2D eigenvalue weighted by molar-refractivity contribution is 7.22. The van der Waals surface area contributed by atoms with Crippen molar-refractivity contribution < 1.29 is 4.79 Å². The normalized spacial score (nSPS) is 13.6. The molecular weight excluding hydrogens is 410 g/mol. The molecule has 1 amide bonds. The van der Waals surface area contributed by atoms with Crippen molar-refractivity contribution in [3.8, 4) is 10.6 Å². The van der Waals surface area contributed by atoms with Crippen LogP contribution in [0.4, 0.5) is 10.7 Å². The molecule has 6 heteroatoms. The standard InChI is InChI=1S/C24H21N3OS2/c1-15(28)26-17-12-10-16(11-13-17)14-25-23-22(18-6-2-4-8-20(18)29-23)24-27-19-7-3-5-9-21(19)30-24/h3,5,7,9-14H,2,4,6,8H2,1H3,(H,26,28). The van der Waals surface area contributed by atoms with Crippen LogP contribution in [0.3, 0.4) is 0 Å². The molecule has 2 aromatic carbocycles. The number of thiazole rings is 1. The average Bonchev–Trinajstić information content (AvgIpc) is 3.33. The molecule has 30 heavy (non-hydrogen) atoms. The third-order valence-electron chi connectivity index (χ3n) is 5.22. The molecule has 5 rings (SSSR count). The van der Waals surface area contributed by atoms with Crippen LogP contribution in [0.15, 0.2) is 53.5 Å². The molecule has 1 N–H and O–H groups in total. The van der Waals surface area contributed by atoms with Crippen LogP contribution in [0.25, 0.3) is 20.8 Å². The number of benzene rings is 2. The van der Waals surface area contributed by atoms with Crippen LogP contribution in [-0.2, 0) is 17.6 Å². The summed E-state index contributed by atoms with van der Waals surface area (Å²) < 4.78 is 1.21. The van der Waals surface area contributed by atoms with Crippen molar-refractivity contribution in [1.29, 1.82) is 0 Å². The first-order valence-corrected chi connectivity index (χ1v) is 11.7. The van der Waals surface area contributed by atoms with Gasteiger partial charge in [0.25, 0.3) is 0 Å². The van der Waals surface area contributed by atoms with E-state index in [4.69, 9.17) is 9.98 Å². The number of nitrogens with one attached hydrogen (secondary N) is 1. The van der Waals surface area contributed by atoms with E-state index >= 15 is 0 Å². The van der Waals surface area contributed by atoms with Crippen molar-refractivity contribution >= 4 is 55.7 Å². The zero-order valence-electron chi connectivity index (χ0n) is 16.6. The molecule has 0 atom stereocenters. The zero-order valence-corrected chi connectivity index (χ0v) is 18.3. The van der Waals surface area contributed by atoms with Gasteiger partial charge in [0.1, 0.15) is 10.0 Å². The number of nitrogens with zero attached hydrogens (tertiary/aromatic N) is 2. The molecule has 0 spiro atoms. The minimum absolute atomic E-state index is 0.0685. The van der Waals surface area contributed by atoms with Gasteiger partial charge in [0.05, 0.1) is 15.8 Å². The van der Waals surface area contributed by atoms with Gasteiger partial charge >= 0.3 is 0 Å². The Labute approximate surface area is 183 Å². The zero-order chi connectivity index (χ0) is 20.5. The maximum Gasteiger partial charge on any atom is 0.221 e. The summed E-state index contributed by atoms with van der Waals surface area (Å²) in [6, 6.07) is 16.1. The van der Waals surface area contributed by atoms with Crippen LogP contribution in [0.2, 0.25) is 0 Å². The average molecular weight is 432 g/mol. The van der Waals surface area contributed by atoms with Crippen LogP contribution < -0.4 is 5.32 Å². The van der Waals surface area contributed by atoms with E-state index in [0.717, 1.165) is 39.6 Å². The summed E-state index contributed by atoms with van der Waals surface area (Å²) in [6.07, 6.45) is 6.64. The van der Waals surface area contributed by atoms with Crippen LogP contribution in [0.5, 0.6) is 0 Å². The van der Waals surface area contributed by atoms with Gasteiger partial charge in [-0.05, 0) is 61.1 Å². The van der Waals surface area contributed by atoms with Crippen molar-refractivity contribution in [1.82, 2.24) is 4.98 Å². The minimum atomic E-state index is -0.0685. The highest BCUT2D eigenvalue weighted by Gasteiger charge is 2.23. The Hall–Kier alpha value is -2.83. The Morgan fingerprint density at radius 2 is 1.87 bits per heavy atom. The van der Waals surface area contributed by atoms with Crippen molar-refractivity contribution in [2.75, 3.05) is 5.32 Å². The summed E-state index contributed by atoms with van der Waals surface area (Å²) in [5.74, 6) is -0.0685. The first-order valence-electron chi connectivity index (χ1n) is 10.1. The third kappa shape index (κ3) is 3.80. The van der Waals surface area contributed by atoms with Crippen molar-refractivity contribution in [3.05, 3.63) is 64.5 Å². The van der Waals surface area contributed by atoms with Crippen molar-refractivity contribution in [2.45, 2.75) is 32.6 Å². The fourth-order valence-corrected chi connectivity index (χ4v) is 6.17. The summed E-state index contributed by atoms with van der Waals surface area (Å²) in [5, 5.41) is 4.91. The third-order valence-corrected chi connectivity index (χ3v) is 7.48. The molecule has 0 saturated heterocycles. The number of aryl methyl sites for hydroxylation is 1. The quantitative estimate of drug-likeness (QED) is 0.370. The van der Waals surface area contributed by atoms with Gasteiger partial charge in [0, 0.05) is 23.7 Å². The fourth-order valence-electron chi connectivity index (χ4n) is 3.83. The Morgan fingerprint density at radius 3 is 2.67 bits per heavy atom. The van der Waals surface area contributed by atoms with E-state index in [1.54, 1.807) is 11.3 Å². The summed E-state index contributed by atoms with van der Waals surface area (Å²) in [7, 11) is 0. The largest absolute Gasteiger partial charge is 0.326 e. The topological polar surface area (TPSA) is 54.4 Å². The second-order valence-corrected chi connectivity index (χ2v) is 9.55. The molecule has 1 aliphatic carbocycles. The number of carbonyl (C=O) groups excluding carboxylic acids is 1. The molecule has 4 aromatic rings. The van der Waals surface area contributed by atoms with Crippen LogP contribution in [-0.4, -0.2) is 17.1 Å². The van der Waals surface area contributed by atoms with Crippen LogP contribution >= 0.6 is 22.7 Å². The van der Waals surface area contributed by atoms with Gasteiger partial charge in [-0.3, -0.25) is 4.79 Å². The van der Waals surface area contributed by atoms with Gasteiger partial charge in [-0.15, -0.1) is 22.7 Å². The first kappa shape index (κ1) is 19.2. The number of anilines is 1. The molecule has 0 radical (unpaired) electrons. The molecule has 0 fully saturated rings. The summed E-state index contributed by atoms with van der Waals surface area (Å²) in [5.41, 5.74) is 5.52. The first-order chi connectivity index (χ1) is 14.7. The highest BCUT2D eigenvalue weighted by atomic mass is 32.1. The lowest BCUT2D eigenvalue weighted by atomic mass is 9.96. The monoisotopic (exact) mass is 431 g/mol. The lowest BCUT2D eigenvalue weighted by Crippen LogP contribution is -2.05. The highest BCUT2D eigenvalue weighted by Crippen LogP contribution is 2.47. The fraction of sp³-hybridized carbons (Fsp3) is 0.208. The molecular formula is C24H21N3OS2. The molecule has 1 aliphatic rings. The van der Waals surface area contributed by atoms with E-state index in [-0.39, 0.29) is 5.91 Å². The smallest absolute Gasteiger partial charge is 0.221 e. The van der Waals surface area contributed by atoms with Gasteiger partial charge in [-0.1, -0.05) is 24.3 Å². The number of rotatable bonds is 4. The lowest BCUT2D eigenvalue weighted by Gasteiger charge is -2.11. The molecule has 0 aliphatic heterocycles. The molecule has 2 aromatic heterocycles. The number of amides is 1. The van der Waals surface area contributed by atoms with E-state index in [1.165, 1.54) is 40.5 Å². The number of aliphatic imine (C=N–C) groups is 1. The number of fused-ring (bicyclic) bond motifs is 2. The maximum absolute atomic E-state index is 11.2. The molecule has 0 unspecified atom stereocenters. The van der Waals surface area contributed by atoms with Crippen molar-refractivity contribution in [2.24, 2.45) is 4.99 Å². The predicted molar refractivity (Wildman–Crippen MR) is 128 cm³/mol. The number of aromatic nitrogens is 1. The molecule has 2 heterocycles. The lowest BCUT2D eigenvalue weighted by molar-refractivity contribution is -0.114. The van der Waals surface area contributed by atoms with Gasteiger partial charge in [-0.25, -0.2) is 9.98 Å². The maximum atomic E-state index is 11.2. The molecule has 0 saturated carbocycles. The Balaban J connectivity index is 1.52. The minimum Gasteiger partial charge on any atom is -0.326 e. The van der Waals surface area contributed by atoms with Crippen LogP contribution in [0, 0.1) is 0 Å².